The second-order valence-corrected chi connectivity index (χ2v) is 4.31. The van der Waals surface area contributed by atoms with Crippen LogP contribution in [0.15, 0.2) is 18.3 Å². The van der Waals surface area contributed by atoms with Crippen molar-refractivity contribution in [3.8, 4) is 6.07 Å². The summed E-state index contributed by atoms with van der Waals surface area (Å²) in [5, 5.41) is 16.3. The topological polar surface area (TPSA) is 67.0 Å². The molecule has 0 unspecified atom stereocenters. The molecular weight excluding hydrogens is 230 g/mol. The number of pyridine rings is 1. The first-order valence-electron chi connectivity index (χ1n) is 5.90. The minimum atomic E-state index is 0.218. The third kappa shape index (κ3) is 1.60. The molecule has 1 saturated heterocycles. The van der Waals surface area contributed by atoms with Gasteiger partial charge in [-0.3, -0.25) is 5.01 Å². The molecule has 92 valence electrons. The lowest BCUT2D eigenvalue weighted by atomic mass is 10.3. The summed E-state index contributed by atoms with van der Waals surface area (Å²) in [6, 6.07) is 6.02. The van der Waals surface area contributed by atoms with E-state index in [4.69, 9.17) is 10.00 Å². The molecule has 3 heterocycles. The van der Waals surface area contributed by atoms with Crippen LogP contribution in [0.2, 0.25) is 0 Å². The van der Waals surface area contributed by atoms with Crippen molar-refractivity contribution in [2.24, 2.45) is 0 Å². The molecule has 0 N–H and O–H groups in total. The second kappa shape index (κ2) is 4.27. The van der Waals surface area contributed by atoms with Crippen molar-refractivity contribution in [1.29, 1.82) is 5.26 Å². The Morgan fingerprint density at radius 1 is 1.56 bits per heavy atom. The van der Waals surface area contributed by atoms with E-state index in [1.54, 1.807) is 11.0 Å². The molecule has 0 aliphatic carbocycles. The third-order valence-electron chi connectivity index (χ3n) is 3.11. The van der Waals surface area contributed by atoms with Crippen LogP contribution in [-0.2, 0) is 4.74 Å². The number of fused-ring (bicyclic) bond motifs is 1. The maximum absolute atomic E-state index is 9.12. The van der Waals surface area contributed by atoms with E-state index >= 15 is 0 Å². The van der Waals surface area contributed by atoms with Crippen molar-refractivity contribution in [2.75, 3.05) is 24.8 Å². The number of rotatable bonds is 1. The Hall–Kier alpha value is -2.13. The number of morpholine rings is 1. The molecule has 1 fully saturated rings. The number of ether oxygens (including phenoxy) is 1. The van der Waals surface area contributed by atoms with Gasteiger partial charge in [0.2, 0.25) is 0 Å². The number of nitriles is 1. The fraction of sp³-hybridized carbons (Fsp3) is 0.417. The standard InChI is InChI=1S/C12H13N5O/c1-9-8-18-6-5-16(9)17-12-10(3-2-4-14-12)11(7-13)15-17/h2-4,9H,5-6,8H2,1H3/t9-/m1/s1. The first kappa shape index (κ1) is 11.0. The van der Waals surface area contributed by atoms with Crippen LogP contribution in [0.25, 0.3) is 11.0 Å². The van der Waals surface area contributed by atoms with Crippen molar-refractivity contribution >= 4 is 11.0 Å². The van der Waals surface area contributed by atoms with Crippen LogP contribution >= 0.6 is 0 Å². The van der Waals surface area contributed by atoms with Crippen molar-refractivity contribution in [1.82, 2.24) is 14.9 Å². The molecule has 6 heteroatoms. The molecule has 3 rings (SSSR count). The van der Waals surface area contributed by atoms with Crippen molar-refractivity contribution in [3.63, 3.8) is 0 Å². The fourth-order valence-electron chi connectivity index (χ4n) is 2.20. The average Bonchev–Trinajstić information content (AvgIpc) is 2.78. The highest BCUT2D eigenvalue weighted by atomic mass is 16.5. The lowest BCUT2D eigenvalue weighted by Gasteiger charge is -2.34. The zero-order valence-electron chi connectivity index (χ0n) is 10.1. The first-order chi connectivity index (χ1) is 8.81. The van der Waals surface area contributed by atoms with Gasteiger partial charge in [0.25, 0.3) is 0 Å². The van der Waals surface area contributed by atoms with Gasteiger partial charge >= 0.3 is 0 Å². The van der Waals surface area contributed by atoms with Crippen LogP contribution in [0.4, 0.5) is 0 Å². The average molecular weight is 243 g/mol. The zero-order valence-corrected chi connectivity index (χ0v) is 10.1. The summed E-state index contributed by atoms with van der Waals surface area (Å²) in [5.41, 5.74) is 1.14. The summed E-state index contributed by atoms with van der Waals surface area (Å²) in [7, 11) is 0. The highest BCUT2D eigenvalue weighted by Gasteiger charge is 2.23. The van der Waals surface area contributed by atoms with Gasteiger partial charge in [-0.1, -0.05) is 0 Å². The Labute approximate surface area is 104 Å². The Bertz CT molecular complexity index is 614. The maximum atomic E-state index is 9.12. The van der Waals surface area contributed by atoms with Crippen LogP contribution < -0.4 is 5.01 Å². The largest absolute Gasteiger partial charge is 0.377 e. The normalized spacial score (nSPS) is 20.0. The summed E-state index contributed by atoms with van der Waals surface area (Å²) in [4.78, 5) is 6.06. The minimum Gasteiger partial charge on any atom is -0.377 e. The highest BCUT2D eigenvalue weighted by Crippen LogP contribution is 2.17. The summed E-state index contributed by atoms with van der Waals surface area (Å²) in [6.45, 7) is 4.15. The van der Waals surface area contributed by atoms with Gasteiger partial charge in [0.1, 0.15) is 6.07 Å². The molecular formula is C12H13N5O. The monoisotopic (exact) mass is 243 g/mol. The Balaban J connectivity index is 2.14. The van der Waals surface area contributed by atoms with E-state index in [2.05, 4.69) is 28.1 Å². The van der Waals surface area contributed by atoms with Crippen LogP contribution in [0.1, 0.15) is 12.6 Å². The van der Waals surface area contributed by atoms with Crippen molar-refractivity contribution in [2.45, 2.75) is 13.0 Å². The van der Waals surface area contributed by atoms with Gasteiger partial charge in [0.15, 0.2) is 11.3 Å². The van der Waals surface area contributed by atoms with E-state index in [0.29, 0.717) is 18.9 Å². The molecule has 0 bridgehead atoms. The quantitative estimate of drug-likeness (QED) is 0.736. The number of nitrogens with zero attached hydrogens (tertiary/aromatic N) is 5. The van der Waals surface area contributed by atoms with E-state index in [-0.39, 0.29) is 6.04 Å². The van der Waals surface area contributed by atoms with Gasteiger partial charge in [-0.25, -0.2) is 4.98 Å². The number of aromatic nitrogens is 3. The van der Waals surface area contributed by atoms with Gasteiger partial charge in [-0.15, -0.1) is 5.10 Å². The molecule has 0 saturated carbocycles. The van der Waals surface area contributed by atoms with Gasteiger partial charge in [-0.2, -0.15) is 10.1 Å². The predicted molar refractivity (Wildman–Crippen MR) is 65.6 cm³/mol. The summed E-state index contributed by atoms with van der Waals surface area (Å²) >= 11 is 0. The molecule has 0 spiro atoms. The van der Waals surface area contributed by atoms with Crippen molar-refractivity contribution < 1.29 is 4.74 Å². The van der Waals surface area contributed by atoms with Crippen LogP contribution in [0.5, 0.6) is 0 Å². The molecule has 1 atom stereocenters. The maximum Gasteiger partial charge on any atom is 0.182 e. The molecule has 6 nitrogen and oxygen atoms in total. The SMILES string of the molecule is C[C@@H]1COCCN1n1nc(C#N)c2cccnc21. The van der Waals surface area contributed by atoms with E-state index in [1.165, 1.54) is 0 Å². The first-order valence-corrected chi connectivity index (χ1v) is 5.90. The Kier molecular flexibility index (Phi) is 2.61. The van der Waals surface area contributed by atoms with Gasteiger partial charge in [0.05, 0.1) is 31.2 Å². The van der Waals surface area contributed by atoms with Crippen LogP contribution in [0, 0.1) is 11.3 Å². The van der Waals surface area contributed by atoms with E-state index in [9.17, 15) is 0 Å². The van der Waals surface area contributed by atoms with Gasteiger partial charge in [-0.05, 0) is 19.1 Å². The lowest BCUT2D eigenvalue weighted by molar-refractivity contribution is 0.0836. The van der Waals surface area contributed by atoms with Crippen LogP contribution in [0.3, 0.4) is 0 Å². The van der Waals surface area contributed by atoms with E-state index in [0.717, 1.165) is 17.6 Å². The predicted octanol–water partition coefficient (Wildman–Crippen LogP) is 0.660. The molecule has 0 aromatic carbocycles. The lowest BCUT2D eigenvalue weighted by Crippen LogP contribution is -2.50. The summed E-state index contributed by atoms with van der Waals surface area (Å²) in [5.74, 6) is 0. The number of hydrogen-bond donors (Lipinski definition) is 0. The van der Waals surface area contributed by atoms with Gasteiger partial charge < -0.3 is 4.74 Å². The molecule has 2 aromatic heterocycles. The third-order valence-corrected chi connectivity index (χ3v) is 3.11. The summed E-state index contributed by atoms with van der Waals surface area (Å²) in [6.07, 6.45) is 1.72. The zero-order chi connectivity index (χ0) is 12.5. The molecule has 2 aromatic rings. The second-order valence-electron chi connectivity index (χ2n) is 4.31. The van der Waals surface area contributed by atoms with Crippen molar-refractivity contribution in [3.05, 3.63) is 24.0 Å². The minimum absolute atomic E-state index is 0.218. The smallest absolute Gasteiger partial charge is 0.182 e. The molecule has 18 heavy (non-hydrogen) atoms. The van der Waals surface area contributed by atoms with Crippen LogP contribution in [-0.4, -0.2) is 40.7 Å². The number of hydrogen-bond acceptors (Lipinski definition) is 5. The molecule has 1 aliphatic heterocycles. The van der Waals surface area contributed by atoms with E-state index < -0.39 is 0 Å². The molecule has 0 radical (unpaired) electrons. The Morgan fingerprint density at radius 2 is 2.44 bits per heavy atom. The van der Waals surface area contributed by atoms with E-state index in [1.807, 2.05) is 12.1 Å². The summed E-state index contributed by atoms with van der Waals surface area (Å²) < 4.78 is 5.41. The highest BCUT2D eigenvalue weighted by molar-refractivity contribution is 5.80. The van der Waals surface area contributed by atoms with Gasteiger partial charge in [0, 0.05) is 6.20 Å². The molecule has 1 aliphatic rings. The fourth-order valence-corrected chi connectivity index (χ4v) is 2.20. The molecule has 0 amide bonds. The Morgan fingerprint density at radius 3 is 3.22 bits per heavy atom.